The second-order valence-corrected chi connectivity index (χ2v) is 10.4. The van der Waals surface area contributed by atoms with E-state index in [0.29, 0.717) is 10.7 Å². The highest BCUT2D eigenvalue weighted by Gasteiger charge is 2.18. The van der Waals surface area contributed by atoms with Crippen molar-refractivity contribution in [1.82, 2.24) is 24.5 Å². The average Bonchev–Trinajstić information content (AvgIpc) is 3.31. The van der Waals surface area contributed by atoms with Gasteiger partial charge in [-0.3, -0.25) is 0 Å². The van der Waals surface area contributed by atoms with E-state index in [9.17, 15) is 0 Å². The van der Waals surface area contributed by atoms with E-state index in [1.165, 1.54) is 22.3 Å². The van der Waals surface area contributed by atoms with Gasteiger partial charge >= 0.3 is 0 Å². The lowest BCUT2D eigenvalue weighted by atomic mass is 10.1. The summed E-state index contributed by atoms with van der Waals surface area (Å²) >= 11 is 10.9. The lowest BCUT2D eigenvalue weighted by Gasteiger charge is -2.10. The normalized spacial score (nSPS) is 11.7. The third-order valence-electron chi connectivity index (χ3n) is 6.19. The van der Waals surface area contributed by atoms with Crippen LogP contribution in [-0.2, 0) is 10.7 Å². The second kappa shape index (κ2) is 8.64. The molecule has 0 saturated carbocycles. The van der Waals surface area contributed by atoms with E-state index in [2.05, 4.69) is 99.8 Å². The summed E-state index contributed by atoms with van der Waals surface area (Å²) in [5.74, 6) is 1.49. The number of aryl methyl sites for hydroxylation is 4. The number of aromatic nitrogens is 5. The number of pyridine rings is 1. The Bertz CT molecular complexity index is 1440. The number of rotatable bonds is 4. The van der Waals surface area contributed by atoms with E-state index >= 15 is 0 Å². The summed E-state index contributed by atoms with van der Waals surface area (Å²) in [6.07, 6.45) is 0. The molecule has 0 atom stereocenters. The first-order valence-electron chi connectivity index (χ1n) is 10.6. The molecule has 0 radical (unpaired) electrons. The van der Waals surface area contributed by atoms with Gasteiger partial charge in [-0.1, -0.05) is 47.8 Å². The smallest absolute Gasteiger partial charge is 0.157 e. The number of hydrogen-bond acceptors (Lipinski definition) is 3. The molecule has 0 unspecified atom stereocenters. The topological polar surface area (TPSA) is 48.5 Å². The van der Waals surface area contributed by atoms with Gasteiger partial charge in [-0.15, -0.1) is 0 Å². The quantitative estimate of drug-likeness (QED) is 0.193. The van der Waals surface area contributed by atoms with Crippen LogP contribution in [0.25, 0.3) is 33.4 Å². The third kappa shape index (κ3) is 3.86. The van der Waals surface area contributed by atoms with Gasteiger partial charge in [-0.25, -0.2) is 14.3 Å². The Kier molecular flexibility index (Phi) is 5.95. The molecular weight excluding hydrogens is 610 g/mol. The first-order chi connectivity index (χ1) is 15.8. The van der Waals surface area contributed by atoms with Crippen molar-refractivity contribution in [1.29, 1.82) is 0 Å². The Labute approximate surface area is 217 Å². The Morgan fingerprint density at radius 3 is 1.42 bits per heavy atom. The molecule has 3 aromatic heterocycles. The molecule has 0 bridgehead atoms. The highest BCUT2D eigenvalue weighted by atomic mass is 79.9. The van der Waals surface area contributed by atoms with Crippen LogP contribution in [-0.4, -0.2) is 24.5 Å². The molecule has 5 nitrogen and oxygen atoms in total. The molecule has 0 fully saturated rings. The zero-order valence-electron chi connectivity index (χ0n) is 18.7. The van der Waals surface area contributed by atoms with Gasteiger partial charge in [0.25, 0.3) is 0 Å². The van der Waals surface area contributed by atoms with Gasteiger partial charge < -0.3 is 0 Å². The molecule has 5 rings (SSSR count). The second-order valence-electron chi connectivity index (χ2n) is 8.39. The van der Waals surface area contributed by atoms with Crippen LogP contribution in [0.1, 0.15) is 33.6 Å². The minimum Gasteiger partial charge on any atom is -0.214 e. The fourth-order valence-electron chi connectivity index (χ4n) is 4.11. The highest BCUT2D eigenvalue weighted by Crippen LogP contribution is 2.30. The Morgan fingerprint density at radius 1 is 0.636 bits per heavy atom. The highest BCUT2D eigenvalue weighted by molar-refractivity contribution is 9.10. The molecule has 2 aromatic carbocycles. The molecular formula is C25H22Br3N5. The number of hydrogen-bond donors (Lipinski definition) is 0. The standard InChI is InChI=1S/C25H22Br3N5/c1-13-5-18-20(11-26)30-32(22(18)7-15(13)3)24-9-17(28)10-25(29-24)33-23-8-16(4)14(2)6-19(23)21(12-27)31-33/h5-10H,11-12H2,1-4H3. The minimum absolute atomic E-state index is 0.677. The number of nitrogens with zero attached hydrogens (tertiary/aromatic N) is 5. The van der Waals surface area contributed by atoms with E-state index < -0.39 is 0 Å². The van der Waals surface area contributed by atoms with Gasteiger partial charge in [0.15, 0.2) is 11.6 Å². The monoisotopic (exact) mass is 629 g/mol. The summed E-state index contributed by atoms with van der Waals surface area (Å²) in [6.45, 7) is 8.52. The molecule has 0 aliphatic carbocycles. The van der Waals surface area contributed by atoms with Gasteiger partial charge in [-0.2, -0.15) is 10.2 Å². The van der Waals surface area contributed by atoms with Gasteiger partial charge in [-0.05, 0) is 86.3 Å². The Morgan fingerprint density at radius 2 is 1.03 bits per heavy atom. The number of halogens is 3. The average molecular weight is 632 g/mol. The molecule has 0 N–H and O–H groups in total. The van der Waals surface area contributed by atoms with Crippen molar-refractivity contribution in [3.05, 3.63) is 74.5 Å². The molecule has 5 aromatic rings. The van der Waals surface area contributed by atoms with E-state index in [4.69, 9.17) is 15.2 Å². The van der Waals surface area contributed by atoms with Gasteiger partial charge in [0, 0.05) is 25.9 Å². The number of alkyl halides is 2. The van der Waals surface area contributed by atoms with E-state index in [0.717, 1.165) is 49.3 Å². The molecule has 0 aliphatic rings. The van der Waals surface area contributed by atoms with Gasteiger partial charge in [0.2, 0.25) is 0 Å². The Hall–Kier alpha value is -2.03. The van der Waals surface area contributed by atoms with Crippen LogP contribution < -0.4 is 0 Å². The van der Waals surface area contributed by atoms with Crippen molar-refractivity contribution in [3.63, 3.8) is 0 Å². The summed E-state index contributed by atoms with van der Waals surface area (Å²) < 4.78 is 4.78. The van der Waals surface area contributed by atoms with Crippen LogP contribution in [0.4, 0.5) is 0 Å². The summed E-state index contributed by atoms with van der Waals surface area (Å²) in [5, 5.41) is 13.4. The van der Waals surface area contributed by atoms with E-state index in [1.807, 2.05) is 21.5 Å². The van der Waals surface area contributed by atoms with Crippen molar-refractivity contribution in [2.45, 2.75) is 38.4 Å². The van der Waals surface area contributed by atoms with Crippen LogP contribution in [0.5, 0.6) is 0 Å². The predicted molar refractivity (Wildman–Crippen MR) is 145 cm³/mol. The van der Waals surface area contributed by atoms with Crippen LogP contribution >= 0.6 is 47.8 Å². The summed E-state index contributed by atoms with van der Waals surface area (Å²) in [4.78, 5) is 5.01. The van der Waals surface area contributed by atoms with Crippen molar-refractivity contribution in [2.75, 3.05) is 0 Å². The fourth-order valence-corrected chi connectivity index (χ4v) is 5.34. The van der Waals surface area contributed by atoms with E-state index in [1.54, 1.807) is 0 Å². The first-order valence-corrected chi connectivity index (χ1v) is 13.6. The van der Waals surface area contributed by atoms with E-state index in [-0.39, 0.29) is 0 Å². The molecule has 0 amide bonds. The largest absolute Gasteiger partial charge is 0.214 e. The SMILES string of the molecule is Cc1cc2c(CBr)nn(-c3cc(Br)cc(-n4nc(CBr)c5cc(C)c(C)cc54)n3)c2cc1C. The molecule has 0 aliphatic heterocycles. The maximum atomic E-state index is 5.01. The van der Waals surface area contributed by atoms with Crippen LogP contribution in [0.15, 0.2) is 40.9 Å². The van der Waals surface area contributed by atoms with Gasteiger partial charge in [0.05, 0.1) is 22.4 Å². The zero-order valence-corrected chi connectivity index (χ0v) is 23.5. The Balaban J connectivity index is 1.76. The molecule has 3 heterocycles. The number of benzene rings is 2. The zero-order chi connectivity index (χ0) is 23.4. The van der Waals surface area contributed by atoms with Gasteiger partial charge in [0.1, 0.15) is 0 Å². The van der Waals surface area contributed by atoms with Crippen molar-refractivity contribution in [2.24, 2.45) is 0 Å². The minimum atomic E-state index is 0.677. The maximum Gasteiger partial charge on any atom is 0.157 e. The third-order valence-corrected chi connectivity index (χ3v) is 7.71. The first kappa shape index (κ1) is 22.7. The maximum absolute atomic E-state index is 5.01. The molecule has 8 heteroatoms. The predicted octanol–water partition coefficient (Wildman–Crippen LogP) is 7.55. The van der Waals surface area contributed by atoms with Crippen molar-refractivity contribution < 1.29 is 0 Å². The fraction of sp³-hybridized carbons (Fsp3) is 0.240. The summed E-state index contributed by atoms with van der Waals surface area (Å²) in [7, 11) is 0. The van der Waals surface area contributed by atoms with Crippen LogP contribution in [0.2, 0.25) is 0 Å². The van der Waals surface area contributed by atoms with Crippen LogP contribution in [0, 0.1) is 27.7 Å². The molecule has 33 heavy (non-hydrogen) atoms. The van der Waals surface area contributed by atoms with Crippen molar-refractivity contribution in [3.8, 4) is 11.6 Å². The molecule has 168 valence electrons. The summed E-state index contributed by atoms with van der Waals surface area (Å²) in [5.41, 5.74) is 9.04. The van der Waals surface area contributed by atoms with Crippen molar-refractivity contribution >= 4 is 69.6 Å². The summed E-state index contributed by atoms with van der Waals surface area (Å²) in [6, 6.07) is 12.8. The lowest BCUT2D eigenvalue weighted by molar-refractivity contribution is 0.812. The molecule has 0 saturated heterocycles. The van der Waals surface area contributed by atoms with Crippen LogP contribution in [0.3, 0.4) is 0 Å². The molecule has 0 spiro atoms. The lowest BCUT2D eigenvalue weighted by Crippen LogP contribution is -2.06. The number of fused-ring (bicyclic) bond motifs is 2.